The van der Waals surface area contributed by atoms with Gasteiger partial charge in [-0.25, -0.2) is 0 Å². The van der Waals surface area contributed by atoms with Gasteiger partial charge in [0.15, 0.2) is 0 Å². The summed E-state index contributed by atoms with van der Waals surface area (Å²) in [6.07, 6.45) is 2.53. The first kappa shape index (κ1) is 10.8. The number of hydrogen-bond acceptors (Lipinski definition) is 1. The lowest BCUT2D eigenvalue weighted by molar-refractivity contribution is 0.468. The summed E-state index contributed by atoms with van der Waals surface area (Å²) in [6.45, 7) is 10.2. The fraction of sp³-hybridized carbons (Fsp3) is 0.385. The molecule has 0 atom stereocenters. The highest BCUT2D eigenvalue weighted by molar-refractivity contribution is 5.39. The molecule has 1 aromatic rings. The number of phenolic OH excluding ortho intramolecular Hbond substituents is 1. The lowest BCUT2D eigenvalue weighted by Gasteiger charge is -2.20. The summed E-state index contributed by atoms with van der Waals surface area (Å²) < 4.78 is 0. The summed E-state index contributed by atoms with van der Waals surface area (Å²) in [5.41, 5.74) is 2.32. The van der Waals surface area contributed by atoms with Gasteiger partial charge in [-0.3, -0.25) is 0 Å². The minimum atomic E-state index is 0.129. The average Bonchev–Trinajstić information content (AvgIpc) is 2.07. The predicted octanol–water partition coefficient (Wildman–Crippen LogP) is 3.42. The second kappa shape index (κ2) is 3.87. The van der Waals surface area contributed by atoms with E-state index in [0.29, 0.717) is 5.75 Å². The largest absolute Gasteiger partial charge is 0.508 e. The van der Waals surface area contributed by atoms with Crippen molar-refractivity contribution in [2.45, 2.75) is 32.6 Å². The van der Waals surface area contributed by atoms with Gasteiger partial charge in [0.1, 0.15) is 5.75 Å². The van der Waals surface area contributed by atoms with E-state index in [1.807, 2.05) is 12.1 Å². The second-order valence-electron chi connectivity index (χ2n) is 4.59. The molecular weight excluding hydrogens is 172 g/mol. The number of phenols is 1. The fourth-order valence-corrected chi connectivity index (χ4v) is 1.37. The number of aromatic hydroxyl groups is 1. The summed E-state index contributed by atoms with van der Waals surface area (Å²) >= 11 is 0. The van der Waals surface area contributed by atoms with Crippen LogP contribution in [0.3, 0.4) is 0 Å². The van der Waals surface area contributed by atoms with Crippen LogP contribution >= 0.6 is 0 Å². The molecule has 14 heavy (non-hydrogen) atoms. The van der Waals surface area contributed by atoms with Crippen LogP contribution in [0.2, 0.25) is 0 Å². The molecule has 0 fully saturated rings. The standard InChI is InChI=1S/C13H18O/c1-5-6-10-9-11(13(2,3)4)7-8-12(10)14/h5,7-9,14H,1,6H2,2-4H3. The number of allylic oxidation sites excluding steroid dienone is 1. The van der Waals surface area contributed by atoms with E-state index in [1.165, 1.54) is 5.56 Å². The van der Waals surface area contributed by atoms with Gasteiger partial charge in [-0.2, -0.15) is 0 Å². The molecule has 0 radical (unpaired) electrons. The molecule has 1 heteroatoms. The summed E-state index contributed by atoms with van der Waals surface area (Å²) in [6, 6.07) is 5.79. The van der Waals surface area contributed by atoms with Crippen molar-refractivity contribution in [3.8, 4) is 5.75 Å². The zero-order valence-corrected chi connectivity index (χ0v) is 9.17. The minimum absolute atomic E-state index is 0.129. The number of hydrogen-bond donors (Lipinski definition) is 1. The maximum absolute atomic E-state index is 9.58. The van der Waals surface area contributed by atoms with Gasteiger partial charge in [-0.15, -0.1) is 6.58 Å². The molecule has 1 nitrogen and oxygen atoms in total. The molecule has 0 saturated heterocycles. The van der Waals surface area contributed by atoms with Gasteiger partial charge in [0, 0.05) is 0 Å². The number of rotatable bonds is 2. The van der Waals surface area contributed by atoms with E-state index in [0.717, 1.165) is 12.0 Å². The van der Waals surface area contributed by atoms with E-state index >= 15 is 0 Å². The van der Waals surface area contributed by atoms with Gasteiger partial charge < -0.3 is 5.11 Å². The first-order valence-electron chi connectivity index (χ1n) is 4.88. The van der Waals surface area contributed by atoms with Crippen LogP contribution < -0.4 is 0 Å². The topological polar surface area (TPSA) is 20.2 Å². The Labute approximate surface area is 86.1 Å². The molecule has 0 aliphatic carbocycles. The third-order valence-electron chi connectivity index (χ3n) is 2.31. The quantitative estimate of drug-likeness (QED) is 0.708. The number of benzene rings is 1. The highest BCUT2D eigenvalue weighted by Crippen LogP contribution is 2.27. The van der Waals surface area contributed by atoms with Gasteiger partial charge >= 0.3 is 0 Å². The molecule has 0 spiro atoms. The monoisotopic (exact) mass is 190 g/mol. The summed E-state index contributed by atoms with van der Waals surface area (Å²) in [7, 11) is 0. The van der Waals surface area contributed by atoms with Crippen LogP contribution in [0.4, 0.5) is 0 Å². The minimum Gasteiger partial charge on any atom is -0.508 e. The van der Waals surface area contributed by atoms with Crippen LogP contribution in [-0.2, 0) is 11.8 Å². The molecule has 0 aromatic heterocycles. The van der Waals surface area contributed by atoms with Crippen LogP contribution in [0, 0.1) is 0 Å². The Morgan fingerprint density at radius 3 is 2.50 bits per heavy atom. The van der Waals surface area contributed by atoms with E-state index in [4.69, 9.17) is 0 Å². The lowest BCUT2D eigenvalue weighted by Crippen LogP contribution is -2.11. The van der Waals surface area contributed by atoms with Crippen molar-refractivity contribution >= 4 is 0 Å². The molecule has 1 rings (SSSR count). The Morgan fingerprint density at radius 1 is 1.36 bits per heavy atom. The fourth-order valence-electron chi connectivity index (χ4n) is 1.37. The normalized spacial score (nSPS) is 11.4. The van der Waals surface area contributed by atoms with Crippen molar-refractivity contribution in [1.29, 1.82) is 0 Å². The third-order valence-corrected chi connectivity index (χ3v) is 2.31. The Bertz CT molecular complexity index is 332. The van der Waals surface area contributed by atoms with E-state index in [-0.39, 0.29) is 5.41 Å². The first-order chi connectivity index (χ1) is 6.45. The SMILES string of the molecule is C=CCc1cc(C(C)(C)C)ccc1O. The lowest BCUT2D eigenvalue weighted by atomic mass is 9.86. The molecular formula is C13H18O. The van der Waals surface area contributed by atoms with Crippen molar-refractivity contribution in [3.63, 3.8) is 0 Å². The first-order valence-corrected chi connectivity index (χ1v) is 4.88. The van der Waals surface area contributed by atoms with Gasteiger partial charge in [0.25, 0.3) is 0 Å². The van der Waals surface area contributed by atoms with Gasteiger partial charge in [-0.1, -0.05) is 39.0 Å². The second-order valence-corrected chi connectivity index (χ2v) is 4.59. The van der Waals surface area contributed by atoms with Crippen LogP contribution in [0.25, 0.3) is 0 Å². The molecule has 0 amide bonds. The molecule has 76 valence electrons. The molecule has 0 aliphatic heterocycles. The highest BCUT2D eigenvalue weighted by Gasteiger charge is 2.14. The maximum atomic E-state index is 9.58. The summed E-state index contributed by atoms with van der Waals surface area (Å²) in [5.74, 6) is 0.359. The van der Waals surface area contributed by atoms with Crippen molar-refractivity contribution < 1.29 is 5.11 Å². The van der Waals surface area contributed by atoms with E-state index in [9.17, 15) is 5.11 Å². The summed E-state index contributed by atoms with van der Waals surface area (Å²) in [4.78, 5) is 0. The zero-order chi connectivity index (χ0) is 10.8. The van der Waals surface area contributed by atoms with Gasteiger partial charge in [0.05, 0.1) is 0 Å². The predicted molar refractivity (Wildman–Crippen MR) is 60.7 cm³/mol. The average molecular weight is 190 g/mol. The zero-order valence-electron chi connectivity index (χ0n) is 9.17. The Morgan fingerprint density at radius 2 is 2.00 bits per heavy atom. The highest BCUT2D eigenvalue weighted by atomic mass is 16.3. The van der Waals surface area contributed by atoms with Crippen LogP contribution in [0.5, 0.6) is 5.75 Å². The molecule has 0 heterocycles. The molecule has 1 aromatic carbocycles. The van der Waals surface area contributed by atoms with E-state index in [2.05, 4.69) is 33.4 Å². The van der Waals surface area contributed by atoms with E-state index in [1.54, 1.807) is 6.07 Å². The van der Waals surface area contributed by atoms with Gasteiger partial charge in [0.2, 0.25) is 0 Å². The molecule has 1 N–H and O–H groups in total. The maximum Gasteiger partial charge on any atom is 0.119 e. The van der Waals surface area contributed by atoms with Crippen LogP contribution in [-0.4, -0.2) is 5.11 Å². The summed E-state index contributed by atoms with van der Waals surface area (Å²) in [5, 5.41) is 9.58. The Balaban J connectivity index is 3.12. The molecule has 0 aliphatic rings. The van der Waals surface area contributed by atoms with Crippen LogP contribution in [0.1, 0.15) is 31.9 Å². The van der Waals surface area contributed by atoms with Crippen molar-refractivity contribution in [1.82, 2.24) is 0 Å². The Kier molecular flexibility index (Phi) is 3.00. The van der Waals surface area contributed by atoms with E-state index < -0.39 is 0 Å². The van der Waals surface area contributed by atoms with Crippen LogP contribution in [0.15, 0.2) is 30.9 Å². The van der Waals surface area contributed by atoms with Gasteiger partial charge in [-0.05, 0) is 29.0 Å². The van der Waals surface area contributed by atoms with Crippen molar-refractivity contribution in [2.24, 2.45) is 0 Å². The van der Waals surface area contributed by atoms with Crippen molar-refractivity contribution in [2.75, 3.05) is 0 Å². The molecule has 0 unspecified atom stereocenters. The Hall–Kier alpha value is -1.24. The third kappa shape index (κ3) is 2.38. The molecule has 0 bridgehead atoms. The molecule has 0 saturated carbocycles. The smallest absolute Gasteiger partial charge is 0.119 e. The van der Waals surface area contributed by atoms with Crippen molar-refractivity contribution in [3.05, 3.63) is 42.0 Å².